The zero-order chi connectivity index (χ0) is 9.52. The van der Waals surface area contributed by atoms with E-state index in [1.807, 2.05) is 30.9 Å². The van der Waals surface area contributed by atoms with E-state index in [-0.39, 0.29) is 0 Å². The third-order valence-electron chi connectivity index (χ3n) is 1.72. The molecule has 0 fully saturated rings. The number of rotatable bonds is 5. The zero-order valence-corrected chi connectivity index (χ0v) is 8.73. The van der Waals surface area contributed by atoms with Gasteiger partial charge in [0.05, 0.1) is 0 Å². The first-order valence-electron chi connectivity index (χ1n) is 4.46. The predicted octanol–water partition coefficient (Wildman–Crippen LogP) is 1.97. The molecule has 0 unspecified atom stereocenters. The van der Waals surface area contributed by atoms with Gasteiger partial charge in [-0.25, -0.2) is 0 Å². The van der Waals surface area contributed by atoms with Gasteiger partial charge in [0, 0.05) is 10.6 Å². The number of nitrogen functional groups attached to an aromatic ring is 1. The molecule has 0 aliphatic rings. The average molecular weight is 196 g/mol. The van der Waals surface area contributed by atoms with Crippen molar-refractivity contribution in [1.29, 1.82) is 0 Å². The molecule has 0 aromatic heterocycles. The molecule has 72 valence electrons. The van der Waals surface area contributed by atoms with Crippen molar-refractivity contribution in [2.45, 2.75) is 11.3 Å². The smallest absolute Gasteiger partial charge is 0.0314 e. The van der Waals surface area contributed by atoms with Crippen LogP contribution >= 0.6 is 11.8 Å². The molecule has 0 bridgehead atoms. The van der Waals surface area contributed by atoms with E-state index in [9.17, 15) is 0 Å². The molecule has 0 saturated heterocycles. The largest absolute Gasteiger partial charge is 0.399 e. The van der Waals surface area contributed by atoms with Crippen LogP contribution in [-0.4, -0.2) is 19.3 Å². The van der Waals surface area contributed by atoms with Crippen molar-refractivity contribution in [1.82, 2.24) is 5.32 Å². The Morgan fingerprint density at radius 1 is 1.31 bits per heavy atom. The minimum atomic E-state index is 0.833. The van der Waals surface area contributed by atoms with Gasteiger partial charge in [0.1, 0.15) is 0 Å². The normalized spacial score (nSPS) is 10.2. The van der Waals surface area contributed by atoms with Gasteiger partial charge in [-0.15, -0.1) is 11.8 Å². The lowest BCUT2D eigenvalue weighted by molar-refractivity contribution is 0.778. The van der Waals surface area contributed by atoms with Crippen LogP contribution in [0.4, 0.5) is 5.69 Å². The maximum absolute atomic E-state index is 5.58. The number of hydrogen-bond donors (Lipinski definition) is 2. The highest BCUT2D eigenvalue weighted by atomic mass is 32.2. The average Bonchev–Trinajstić information content (AvgIpc) is 2.15. The summed E-state index contributed by atoms with van der Waals surface area (Å²) in [6.45, 7) is 1.09. The first-order chi connectivity index (χ1) is 6.33. The lowest BCUT2D eigenvalue weighted by atomic mass is 10.3. The van der Waals surface area contributed by atoms with Gasteiger partial charge < -0.3 is 11.1 Å². The molecule has 13 heavy (non-hydrogen) atoms. The minimum absolute atomic E-state index is 0.833. The fraction of sp³-hybridized carbons (Fsp3) is 0.400. The van der Waals surface area contributed by atoms with E-state index in [2.05, 4.69) is 17.4 Å². The molecular formula is C10H16N2S. The van der Waals surface area contributed by atoms with E-state index >= 15 is 0 Å². The van der Waals surface area contributed by atoms with Crippen molar-refractivity contribution in [2.75, 3.05) is 25.1 Å². The summed E-state index contributed by atoms with van der Waals surface area (Å²) in [4.78, 5) is 1.30. The molecule has 1 rings (SSSR count). The summed E-state index contributed by atoms with van der Waals surface area (Å²) in [5.74, 6) is 1.16. The topological polar surface area (TPSA) is 38.0 Å². The highest BCUT2D eigenvalue weighted by Crippen LogP contribution is 2.19. The quantitative estimate of drug-likeness (QED) is 0.429. The molecule has 1 aromatic rings. The molecule has 0 aliphatic carbocycles. The number of benzene rings is 1. The Kier molecular flexibility index (Phi) is 4.72. The lowest BCUT2D eigenvalue weighted by Gasteiger charge is -2.01. The van der Waals surface area contributed by atoms with Gasteiger partial charge in [0.2, 0.25) is 0 Å². The van der Waals surface area contributed by atoms with E-state index in [1.54, 1.807) is 0 Å². The van der Waals surface area contributed by atoms with E-state index in [1.165, 1.54) is 11.3 Å². The molecule has 2 nitrogen and oxygen atoms in total. The van der Waals surface area contributed by atoms with Gasteiger partial charge in [0.25, 0.3) is 0 Å². The summed E-state index contributed by atoms with van der Waals surface area (Å²) in [5, 5.41) is 3.13. The number of thioether (sulfide) groups is 1. The van der Waals surface area contributed by atoms with Crippen molar-refractivity contribution in [3.05, 3.63) is 24.3 Å². The van der Waals surface area contributed by atoms with E-state index in [0.29, 0.717) is 0 Å². The molecule has 0 atom stereocenters. The molecule has 0 amide bonds. The summed E-state index contributed by atoms with van der Waals surface area (Å²) in [5.41, 5.74) is 6.42. The summed E-state index contributed by atoms with van der Waals surface area (Å²) in [7, 11) is 1.98. The van der Waals surface area contributed by atoms with Gasteiger partial charge in [-0.2, -0.15) is 0 Å². The third kappa shape index (κ3) is 4.20. The summed E-state index contributed by atoms with van der Waals surface area (Å²) in [6, 6.07) is 8.03. The van der Waals surface area contributed by atoms with Crippen molar-refractivity contribution >= 4 is 17.4 Å². The lowest BCUT2D eigenvalue weighted by Crippen LogP contribution is -2.07. The first-order valence-corrected chi connectivity index (χ1v) is 5.44. The Balaban J connectivity index is 2.25. The zero-order valence-electron chi connectivity index (χ0n) is 7.92. The number of hydrogen-bond acceptors (Lipinski definition) is 3. The highest BCUT2D eigenvalue weighted by Gasteiger charge is 1.92. The second kappa shape index (κ2) is 5.89. The standard InChI is InChI=1S/C10H16N2S/c1-12-7-2-8-13-10-5-3-9(11)4-6-10/h3-6,12H,2,7-8,11H2,1H3. The van der Waals surface area contributed by atoms with Gasteiger partial charge in [-0.3, -0.25) is 0 Å². The molecule has 1 aromatic carbocycles. The van der Waals surface area contributed by atoms with Gasteiger partial charge in [0.15, 0.2) is 0 Å². The number of nitrogens with one attached hydrogen (secondary N) is 1. The molecule has 0 heterocycles. The van der Waals surface area contributed by atoms with Crippen molar-refractivity contribution in [3.63, 3.8) is 0 Å². The predicted molar refractivity (Wildman–Crippen MR) is 60.1 cm³/mol. The molecule has 0 spiro atoms. The van der Waals surface area contributed by atoms with Crippen LogP contribution in [0.1, 0.15) is 6.42 Å². The Labute approximate surface area is 83.9 Å². The molecule has 3 N–H and O–H groups in total. The third-order valence-corrected chi connectivity index (χ3v) is 2.82. The monoisotopic (exact) mass is 196 g/mol. The van der Waals surface area contributed by atoms with Crippen LogP contribution in [0.25, 0.3) is 0 Å². The summed E-state index contributed by atoms with van der Waals surface area (Å²) < 4.78 is 0. The Bertz CT molecular complexity index is 233. The van der Waals surface area contributed by atoms with Gasteiger partial charge in [-0.05, 0) is 50.0 Å². The SMILES string of the molecule is CNCCCSc1ccc(N)cc1. The van der Waals surface area contributed by atoms with Gasteiger partial charge >= 0.3 is 0 Å². The van der Waals surface area contributed by atoms with E-state index < -0.39 is 0 Å². The van der Waals surface area contributed by atoms with Crippen LogP contribution < -0.4 is 11.1 Å². The Morgan fingerprint density at radius 2 is 2.00 bits per heavy atom. The minimum Gasteiger partial charge on any atom is -0.399 e. The Hall–Kier alpha value is -0.670. The molecule has 0 radical (unpaired) electrons. The maximum Gasteiger partial charge on any atom is 0.0314 e. The highest BCUT2D eigenvalue weighted by molar-refractivity contribution is 7.99. The van der Waals surface area contributed by atoms with Gasteiger partial charge in [-0.1, -0.05) is 0 Å². The van der Waals surface area contributed by atoms with Crippen LogP contribution in [-0.2, 0) is 0 Å². The van der Waals surface area contributed by atoms with Crippen molar-refractivity contribution in [2.24, 2.45) is 0 Å². The fourth-order valence-corrected chi connectivity index (χ4v) is 1.86. The van der Waals surface area contributed by atoms with Crippen molar-refractivity contribution in [3.8, 4) is 0 Å². The molecule has 0 saturated carbocycles. The second-order valence-corrected chi connectivity index (χ2v) is 4.04. The van der Waals surface area contributed by atoms with Crippen LogP contribution in [0, 0.1) is 0 Å². The van der Waals surface area contributed by atoms with Crippen LogP contribution in [0.5, 0.6) is 0 Å². The number of nitrogens with two attached hydrogens (primary N) is 1. The van der Waals surface area contributed by atoms with Crippen LogP contribution in [0.3, 0.4) is 0 Å². The fourth-order valence-electron chi connectivity index (χ4n) is 1.00. The molecular weight excluding hydrogens is 180 g/mol. The first kappa shape index (κ1) is 10.4. The Morgan fingerprint density at radius 3 is 2.62 bits per heavy atom. The maximum atomic E-state index is 5.58. The number of anilines is 1. The summed E-state index contributed by atoms with van der Waals surface area (Å²) in [6.07, 6.45) is 1.20. The van der Waals surface area contributed by atoms with Crippen LogP contribution in [0.15, 0.2) is 29.2 Å². The van der Waals surface area contributed by atoms with Crippen molar-refractivity contribution < 1.29 is 0 Å². The molecule has 0 aliphatic heterocycles. The second-order valence-electron chi connectivity index (χ2n) is 2.87. The van der Waals surface area contributed by atoms with Crippen LogP contribution in [0.2, 0.25) is 0 Å². The summed E-state index contributed by atoms with van der Waals surface area (Å²) >= 11 is 1.87. The van der Waals surface area contributed by atoms with E-state index in [0.717, 1.165) is 18.0 Å². The molecule has 3 heteroatoms. The van der Waals surface area contributed by atoms with E-state index in [4.69, 9.17) is 5.73 Å².